The van der Waals surface area contributed by atoms with Gasteiger partial charge in [0.15, 0.2) is 0 Å². The van der Waals surface area contributed by atoms with E-state index in [2.05, 4.69) is 6.92 Å². The van der Waals surface area contributed by atoms with Crippen molar-refractivity contribution in [2.75, 3.05) is 0 Å². The van der Waals surface area contributed by atoms with Crippen LogP contribution < -0.4 is 0 Å². The maximum absolute atomic E-state index is 10.3. The fourth-order valence-corrected chi connectivity index (χ4v) is 0.767. The molecule has 0 aliphatic carbocycles. The molecule has 0 aliphatic heterocycles. The molecule has 0 aliphatic rings. The van der Waals surface area contributed by atoms with Crippen LogP contribution in [0.2, 0.25) is 0 Å². The molecule has 0 aromatic heterocycles. The summed E-state index contributed by atoms with van der Waals surface area (Å²) in [6.07, 6.45) is 7.31. The second kappa shape index (κ2) is 6.53. The summed E-state index contributed by atoms with van der Waals surface area (Å²) in [5, 5.41) is 0. The van der Waals surface area contributed by atoms with Gasteiger partial charge in [0.25, 0.3) is 0 Å². The van der Waals surface area contributed by atoms with Crippen molar-refractivity contribution in [1.29, 1.82) is 0 Å². The van der Waals surface area contributed by atoms with Crippen molar-refractivity contribution in [3.8, 4) is 0 Å². The van der Waals surface area contributed by atoms with Gasteiger partial charge in [-0.25, -0.2) is 0 Å². The van der Waals surface area contributed by atoms with Gasteiger partial charge in [-0.3, -0.25) is 4.79 Å². The van der Waals surface area contributed by atoms with Crippen molar-refractivity contribution in [3.63, 3.8) is 0 Å². The fourth-order valence-electron chi connectivity index (χ4n) is 0.767. The van der Waals surface area contributed by atoms with E-state index in [1.54, 1.807) is 0 Å². The molecule has 0 aromatic rings. The van der Waals surface area contributed by atoms with Gasteiger partial charge >= 0.3 is 0 Å². The highest BCUT2D eigenvalue weighted by atomic mass is 16.1. The molecule has 0 amide bonds. The van der Waals surface area contributed by atoms with Crippen LogP contribution in [0.25, 0.3) is 0 Å². The van der Waals surface area contributed by atoms with Gasteiger partial charge in [-0.15, -0.1) is 0 Å². The Balaban J connectivity index is 3.53. The minimum atomic E-state index is 0.868. The Labute approximate surface area is 63.1 Å². The van der Waals surface area contributed by atoms with Crippen molar-refractivity contribution < 1.29 is 4.79 Å². The molecule has 0 bridgehead atoms. The van der Waals surface area contributed by atoms with Gasteiger partial charge in [-0.1, -0.05) is 32.8 Å². The number of allylic oxidation sites excluding steroid dienone is 2. The minimum absolute atomic E-state index is 0.868. The zero-order valence-corrected chi connectivity index (χ0v) is 6.89. The van der Waals surface area contributed by atoms with Crippen LogP contribution in [0.5, 0.6) is 0 Å². The molecule has 0 N–H and O–H groups in total. The summed E-state index contributed by atoms with van der Waals surface area (Å²) in [6, 6.07) is 0. The molecule has 1 nitrogen and oxygen atoms in total. The first-order valence-corrected chi connectivity index (χ1v) is 3.99. The second-order valence-electron chi connectivity index (χ2n) is 2.39. The molecule has 0 saturated carbocycles. The summed E-state index contributed by atoms with van der Waals surface area (Å²) in [6.45, 7) is 4.16. The molecule has 0 fully saturated rings. The van der Waals surface area contributed by atoms with Crippen molar-refractivity contribution in [2.24, 2.45) is 0 Å². The number of aldehydes is 1. The third kappa shape index (κ3) is 4.30. The van der Waals surface area contributed by atoms with Crippen LogP contribution in [-0.2, 0) is 4.79 Å². The zero-order valence-electron chi connectivity index (χ0n) is 6.89. The van der Waals surface area contributed by atoms with Gasteiger partial charge in [0.05, 0.1) is 0 Å². The van der Waals surface area contributed by atoms with E-state index in [1.807, 2.05) is 13.0 Å². The van der Waals surface area contributed by atoms with Gasteiger partial charge in [-0.2, -0.15) is 0 Å². The molecule has 0 rings (SSSR count). The fraction of sp³-hybridized carbons (Fsp3) is 0.667. The Bertz CT molecular complexity index is 114. The summed E-state index contributed by atoms with van der Waals surface area (Å²) in [5.74, 6) is 0. The molecule has 1 heteroatoms. The molecule has 58 valence electrons. The van der Waals surface area contributed by atoms with Crippen LogP contribution in [0.3, 0.4) is 0 Å². The molecule has 0 radical (unpaired) electrons. The first-order valence-electron chi connectivity index (χ1n) is 3.99. The standard InChI is InChI=1S/C9H16O/c1-3-5-6-7-9(4-2)8-10/h7-8H,3-6H2,1-2H3. The normalized spacial score (nSPS) is 11.6. The molecule has 0 unspecified atom stereocenters. The van der Waals surface area contributed by atoms with E-state index < -0.39 is 0 Å². The number of unbranched alkanes of at least 4 members (excludes halogenated alkanes) is 2. The van der Waals surface area contributed by atoms with Gasteiger partial charge in [0.1, 0.15) is 6.29 Å². The van der Waals surface area contributed by atoms with E-state index >= 15 is 0 Å². The van der Waals surface area contributed by atoms with Crippen LogP contribution in [0.4, 0.5) is 0 Å². The highest BCUT2D eigenvalue weighted by Gasteiger charge is 1.88. The Hall–Kier alpha value is -0.590. The maximum atomic E-state index is 10.3. The highest BCUT2D eigenvalue weighted by molar-refractivity contribution is 5.72. The lowest BCUT2D eigenvalue weighted by Crippen LogP contribution is -1.81. The monoisotopic (exact) mass is 140 g/mol. The van der Waals surface area contributed by atoms with Crippen LogP contribution in [0, 0.1) is 0 Å². The van der Waals surface area contributed by atoms with Crippen molar-refractivity contribution in [3.05, 3.63) is 11.6 Å². The Morgan fingerprint density at radius 2 is 2.10 bits per heavy atom. The zero-order chi connectivity index (χ0) is 7.82. The lowest BCUT2D eigenvalue weighted by atomic mass is 10.1. The van der Waals surface area contributed by atoms with Crippen LogP contribution in [0.1, 0.15) is 39.5 Å². The van der Waals surface area contributed by atoms with Crippen LogP contribution in [-0.4, -0.2) is 6.29 Å². The molecule has 0 heterocycles. The quantitative estimate of drug-likeness (QED) is 0.326. The second-order valence-corrected chi connectivity index (χ2v) is 2.39. The summed E-state index contributed by atoms with van der Waals surface area (Å²) < 4.78 is 0. The van der Waals surface area contributed by atoms with E-state index in [0.717, 1.165) is 24.7 Å². The summed E-state index contributed by atoms with van der Waals surface area (Å²) in [4.78, 5) is 10.3. The van der Waals surface area contributed by atoms with Gasteiger partial charge in [0.2, 0.25) is 0 Å². The Morgan fingerprint density at radius 3 is 2.50 bits per heavy atom. The molecular formula is C9H16O. The third-order valence-electron chi connectivity index (χ3n) is 1.52. The van der Waals surface area contributed by atoms with Crippen molar-refractivity contribution in [2.45, 2.75) is 39.5 Å². The molecular weight excluding hydrogens is 124 g/mol. The number of hydrogen-bond donors (Lipinski definition) is 0. The van der Waals surface area contributed by atoms with Crippen LogP contribution >= 0.6 is 0 Å². The highest BCUT2D eigenvalue weighted by Crippen LogP contribution is 2.01. The van der Waals surface area contributed by atoms with E-state index in [-0.39, 0.29) is 0 Å². The number of carbonyl (C=O) groups excluding carboxylic acids is 1. The predicted octanol–water partition coefficient (Wildman–Crippen LogP) is 2.71. The predicted molar refractivity (Wildman–Crippen MR) is 44.0 cm³/mol. The number of hydrogen-bond acceptors (Lipinski definition) is 1. The number of carbonyl (C=O) groups is 1. The van der Waals surface area contributed by atoms with Crippen molar-refractivity contribution >= 4 is 6.29 Å². The van der Waals surface area contributed by atoms with E-state index in [0.29, 0.717) is 0 Å². The van der Waals surface area contributed by atoms with Crippen molar-refractivity contribution in [1.82, 2.24) is 0 Å². The lowest BCUT2D eigenvalue weighted by molar-refractivity contribution is -0.105. The Morgan fingerprint density at radius 1 is 1.40 bits per heavy atom. The average Bonchev–Trinajstić information content (AvgIpc) is 1.99. The van der Waals surface area contributed by atoms with Crippen LogP contribution in [0.15, 0.2) is 11.6 Å². The molecule has 0 atom stereocenters. The molecule has 10 heavy (non-hydrogen) atoms. The molecule has 0 aromatic carbocycles. The smallest absolute Gasteiger partial charge is 0.145 e. The van der Waals surface area contributed by atoms with Gasteiger partial charge in [0, 0.05) is 0 Å². The van der Waals surface area contributed by atoms with E-state index in [4.69, 9.17) is 0 Å². The topological polar surface area (TPSA) is 17.1 Å². The minimum Gasteiger partial charge on any atom is -0.298 e. The van der Waals surface area contributed by atoms with Gasteiger partial charge < -0.3 is 0 Å². The molecule has 0 spiro atoms. The summed E-state index contributed by atoms with van der Waals surface area (Å²) in [7, 11) is 0. The SMILES string of the molecule is CCCCC=C(C=O)CC. The van der Waals surface area contributed by atoms with E-state index in [1.165, 1.54) is 12.8 Å². The Kier molecular flexibility index (Phi) is 6.14. The lowest BCUT2D eigenvalue weighted by Gasteiger charge is -1.92. The average molecular weight is 140 g/mol. The molecule has 0 saturated heterocycles. The summed E-state index contributed by atoms with van der Waals surface area (Å²) in [5.41, 5.74) is 0.938. The number of rotatable bonds is 5. The first-order chi connectivity index (χ1) is 4.85. The van der Waals surface area contributed by atoms with E-state index in [9.17, 15) is 4.79 Å². The largest absolute Gasteiger partial charge is 0.298 e. The first kappa shape index (κ1) is 9.41. The third-order valence-corrected chi connectivity index (χ3v) is 1.52. The maximum Gasteiger partial charge on any atom is 0.145 e. The van der Waals surface area contributed by atoms with Gasteiger partial charge in [-0.05, 0) is 18.4 Å². The summed E-state index contributed by atoms with van der Waals surface area (Å²) >= 11 is 0.